The number of amides is 3. The van der Waals surface area contributed by atoms with E-state index in [-0.39, 0.29) is 0 Å². The summed E-state index contributed by atoms with van der Waals surface area (Å²) in [5.41, 5.74) is 0.408. The summed E-state index contributed by atoms with van der Waals surface area (Å²) < 4.78 is 25.4. The van der Waals surface area contributed by atoms with Crippen LogP contribution in [0.25, 0.3) is 0 Å². The van der Waals surface area contributed by atoms with Crippen molar-refractivity contribution in [3.05, 3.63) is 30.3 Å². The first-order valence-electron chi connectivity index (χ1n) is 6.89. The summed E-state index contributed by atoms with van der Waals surface area (Å²) in [4.78, 5) is 36.9. The van der Waals surface area contributed by atoms with Gasteiger partial charge in [0, 0.05) is 18.8 Å². The summed E-state index contributed by atoms with van der Waals surface area (Å²) in [6.45, 7) is 2.98. The predicted octanol–water partition coefficient (Wildman–Crippen LogP) is 0.195. The maximum atomic E-state index is 12.4. The molecule has 1 atom stereocenters. The fourth-order valence-electron chi connectivity index (χ4n) is 2.26. The number of benzene rings is 1. The van der Waals surface area contributed by atoms with E-state index in [4.69, 9.17) is 0 Å². The summed E-state index contributed by atoms with van der Waals surface area (Å²) in [6, 6.07) is 7.57. The molecule has 1 heterocycles. The third kappa shape index (κ3) is 2.91. The molecule has 1 aromatic carbocycles. The van der Waals surface area contributed by atoms with Crippen LogP contribution in [0.5, 0.6) is 0 Å². The van der Waals surface area contributed by atoms with Crippen molar-refractivity contribution >= 4 is 33.6 Å². The first-order chi connectivity index (χ1) is 10.7. The van der Waals surface area contributed by atoms with Crippen LogP contribution in [0.4, 0.5) is 5.69 Å². The summed E-state index contributed by atoms with van der Waals surface area (Å²) in [7, 11) is -3.22. The Labute approximate surface area is 134 Å². The van der Waals surface area contributed by atoms with E-state index in [9.17, 15) is 22.8 Å². The zero-order chi connectivity index (χ0) is 17.4. The molecule has 1 unspecified atom stereocenters. The fourth-order valence-corrected chi connectivity index (χ4v) is 3.72. The average molecular weight is 339 g/mol. The van der Waals surface area contributed by atoms with Crippen molar-refractivity contribution in [3.8, 4) is 0 Å². The molecule has 1 saturated heterocycles. The minimum absolute atomic E-state index is 0.408. The van der Waals surface area contributed by atoms with Crippen molar-refractivity contribution in [2.75, 3.05) is 12.4 Å². The molecule has 0 spiro atoms. The number of anilines is 1. The Morgan fingerprint density at radius 1 is 1.13 bits per heavy atom. The second-order valence-electron chi connectivity index (χ2n) is 5.33. The van der Waals surface area contributed by atoms with Gasteiger partial charge in [-0.15, -0.1) is 0 Å². The van der Waals surface area contributed by atoms with Crippen LogP contribution in [0, 0.1) is 5.92 Å². The molecule has 124 valence electrons. The van der Waals surface area contributed by atoms with Gasteiger partial charge in [-0.3, -0.25) is 14.4 Å². The molecule has 9 heteroatoms. The van der Waals surface area contributed by atoms with Crippen LogP contribution < -0.4 is 5.32 Å². The molecule has 0 bridgehead atoms. The minimum atomic E-state index is -4.25. The Hall–Kier alpha value is -2.42. The van der Waals surface area contributed by atoms with Crippen LogP contribution in [0.3, 0.4) is 0 Å². The van der Waals surface area contributed by atoms with Crippen LogP contribution in [-0.4, -0.2) is 47.8 Å². The zero-order valence-corrected chi connectivity index (χ0v) is 13.7. The van der Waals surface area contributed by atoms with E-state index >= 15 is 0 Å². The van der Waals surface area contributed by atoms with Gasteiger partial charge in [-0.1, -0.05) is 18.2 Å². The number of hydrogen-bond acceptors (Lipinski definition) is 5. The highest BCUT2D eigenvalue weighted by Gasteiger charge is 2.52. The number of carbonyl (C=O) groups excluding carboxylic acids is 3. The van der Waals surface area contributed by atoms with Crippen LogP contribution in [-0.2, 0) is 24.6 Å². The highest BCUT2D eigenvalue weighted by Crippen LogP contribution is 2.25. The highest BCUT2D eigenvalue weighted by molar-refractivity contribution is 7.88. The van der Waals surface area contributed by atoms with Gasteiger partial charge >= 0.3 is 10.2 Å². The van der Waals surface area contributed by atoms with E-state index in [1.165, 1.54) is 13.8 Å². The van der Waals surface area contributed by atoms with Crippen LogP contribution in [0.2, 0.25) is 0 Å². The third-order valence-corrected chi connectivity index (χ3v) is 5.36. The van der Waals surface area contributed by atoms with Gasteiger partial charge in [0.2, 0.25) is 5.91 Å². The van der Waals surface area contributed by atoms with Crippen molar-refractivity contribution in [1.82, 2.24) is 8.61 Å². The highest BCUT2D eigenvalue weighted by atomic mass is 32.2. The summed E-state index contributed by atoms with van der Waals surface area (Å²) >= 11 is 0. The Kier molecular flexibility index (Phi) is 4.42. The molecule has 0 aliphatic carbocycles. The summed E-state index contributed by atoms with van der Waals surface area (Å²) in [5, 5.41) is 2.45. The van der Waals surface area contributed by atoms with Gasteiger partial charge in [0.05, 0.1) is 0 Å². The SMILES string of the molecule is CC(C)N1C(=O)C(C(=O)Nc2ccccc2)C(=O)N(C)S1(=O)=O. The monoisotopic (exact) mass is 339 g/mol. The molecule has 0 radical (unpaired) electrons. The molecule has 0 aromatic heterocycles. The van der Waals surface area contributed by atoms with Gasteiger partial charge in [-0.05, 0) is 26.0 Å². The topological polar surface area (TPSA) is 104 Å². The molecule has 1 fully saturated rings. The first kappa shape index (κ1) is 16.9. The van der Waals surface area contributed by atoms with E-state index < -0.39 is 39.9 Å². The second kappa shape index (κ2) is 5.99. The molecular weight excluding hydrogens is 322 g/mol. The van der Waals surface area contributed by atoms with Crippen molar-refractivity contribution in [2.45, 2.75) is 19.9 Å². The number of rotatable bonds is 3. The van der Waals surface area contributed by atoms with Crippen molar-refractivity contribution in [2.24, 2.45) is 5.92 Å². The number of carbonyl (C=O) groups is 3. The van der Waals surface area contributed by atoms with Crippen LogP contribution in [0.1, 0.15) is 13.8 Å². The van der Waals surface area contributed by atoms with Gasteiger partial charge in [0.25, 0.3) is 11.8 Å². The normalized spacial score (nSPS) is 20.8. The Morgan fingerprint density at radius 2 is 1.70 bits per heavy atom. The van der Waals surface area contributed by atoms with Gasteiger partial charge < -0.3 is 5.32 Å². The summed E-state index contributed by atoms with van der Waals surface area (Å²) in [6.07, 6.45) is 0. The Balaban J connectivity index is 2.36. The second-order valence-corrected chi connectivity index (χ2v) is 7.17. The minimum Gasteiger partial charge on any atom is -0.325 e. The molecule has 1 aliphatic rings. The van der Waals surface area contributed by atoms with Gasteiger partial charge in [0.15, 0.2) is 5.92 Å². The lowest BCUT2D eigenvalue weighted by atomic mass is 10.1. The maximum Gasteiger partial charge on any atom is 0.330 e. The number of nitrogens with one attached hydrogen (secondary N) is 1. The zero-order valence-electron chi connectivity index (χ0n) is 12.9. The molecule has 3 amide bonds. The van der Waals surface area contributed by atoms with Gasteiger partial charge in [-0.25, -0.2) is 8.61 Å². The van der Waals surface area contributed by atoms with Crippen LogP contribution >= 0.6 is 0 Å². The van der Waals surface area contributed by atoms with E-state index in [1.54, 1.807) is 30.3 Å². The quantitative estimate of drug-likeness (QED) is 0.792. The lowest BCUT2D eigenvalue weighted by Crippen LogP contribution is -2.62. The first-order valence-corrected chi connectivity index (χ1v) is 8.29. The average Bonchev–Trinajstić information content (AvgIpc) is 2.45. The van der Waals surface area contributed by atoms with Crippen LogP contribution in [0.15, 0.2) is 30.3 Å². The molecule has 1 N–H and O–H groups in total. The number of hydrogen-bond donors (Lipinski definition) is 1. The fraction of sp³-hybridized carbons (Fsp3) is 0.357. The lowest BCUT2D eigenvalue weighted by molar-refractivity contribution is -0.148. The molecule has 1 aliphatic heterocycles. The molecule has 2 rings (SSSR count). The smallest absolute Gasteiger partial charge is 0.325 e. The molecule has 23 heavy (non-hydrogen) atoms. The molecule has 1 aromatic rings. The van der Waals surface area contributed by atoms with E-state index in [0.717, 1.165) is 7.05 Å². The maximum absolute atomic E-state index is 12.4. The standard InChI is InChI=1S/C14H17N3O5S/c1-9(2)17-14(20)11(13(19)16(3)23(17,21)22)12(18)15-10-7-5-4-6-8-10/h4-9,11H,1-3H3,(H,15,18). The van der Waals surface area contributed by atoms with Crippen molar-refractivity contribution in [1.29, 1.82) is 0 Å². The third-order valence-electron chi connectivity index (χ3n) is 3.39. The summed E-state index contributed by atoms with van der Waals surface area (Å²) in [5.74, 6) is -4.71. The van der Waals surface area contributed by atoms with Crippen molar-refractivity contribution < 1.29 is 22.8 Å². The lowest BCUT2D eigenvalue weighted by Gasteiger charge is -2.37. The van der Waals surface area contributed by atoms with E-state index in [0.29, 0.717) is 14.3 Å². The number of para-hydroxylation sites is 1. The van der Waals surface area contributed by atoms with Gasteiger partial charge in [0.1, 0.15) is 0 Å². The number of nitrogens with zero attached hydrogens (tertiary/aromatic N) is 2. The Morgan fingerprint density at radius 3 is 2.22 bits per heavy atom. The van der Waals surface area contributed by atoms with Gasteiger partial charge in [-0.2, -0.15) is 8.42 Å². The molecular formula is C14H17N3O5S. The van der Waals surface area contributed by atoms with E-state index in [2.05, 4.69) is 5.32 Å². The molecule has 8 nitrogen and oxygen atoms in total. The van der Waals surface area contributed by atoms with Crippen molar-refractivity contribution in [3.63, 3.8) is 0 Å². The largest absolute Gasteiger partial charge is 0.330 e. The molecule has 0 saturated carbocycles. The Bertz CT molecular complexity index is 745. The van der Waals surface area contributed by atoms with E-state index in [1.807, 2.05) is 0 Å². The predicted molar refractivity (Wildman–Crippen MR) is 82.2 cm³/mol.